The summed E-state index contributed by atoms with van der Waals surface area (Å²) in [7, 11) is 1.75. The molecule has 0 saturated heterocycles. The minimum atomic E-state index is -0.206. The maximum atomic E-state index is 12.3. The molecule has 3 rings (SSSR count). The fourth-order valence-corrected chi connectivity index (χ4v) is 4.02. The topological polar surface area (TPSA) is 51.1 Å². The number of anilines is 1. The van der Waals surface area contributed by atoms with E-state index in [9.17, 15) is 9.59 Å². The number of hydrogen-bond donors (Lipinski definition) is 1. The standard InChI is InChI=1S/C17H16N2O2S2/c1-11(22-13-6-4-3-5-7-13)16(20)18-12-8-9-14-15(10-12)23-17(21)19(14)2/h3-11H,1-2H3,(H,18,20)/t11-/m0/s1. The van der Waals surface area contributed by atoms with Crippen LogP contribution in [0.3, 0.4) is 0 Å². The number of aryl methyl sites for hydroxylation is 1. The molecule has 0 aliphatic carbocycles. The Morgan fingerprint density at radius 1 is 1.22 bits per heavy atom. The van der Waals surface area contributed by atoms with Crippen molar-refractivity contribution in [2.75, 3.05) is 5.32 Å². The van der Waals surface area contributed by atoms with Gasteiger partial charge in [0.2, 0.25) is 5.91 Å². The Bertz CT molecular complexity index is 900. The van der Waals surface area contributed by atoms with E-state index in [2.05, 4.69) is 5.32 Å². The predicted octanol–water partition coefficient (Wildman–Crippen LogP) is 3.72. The summed E-state index contributed by atoms with van der Waals surface area (Å²) in [5.74, 6) is -0.0542. The zero-order valence-corrected chi connectivity index (χ0v) is 14.4. The molecule has 0 bridgehead atoms. The molecule has 118 valence electrons. The normalized spacial score (nSPS) is 12.3. The lowest BCUT2D eigenvalue weighted by Crippen LogP contribution is -2.22. The SMILES string of the molecule is C[C@H](Sc1ccccc1)C(=O)Nc1ccc2c(c1)sc(=O)n2C. The molecule has 0 aliphatic rings. The third-order valence-electron chi connectivity index (χ3n) is 3.49. The van der Waals surface area contributed by atoms with Crippen molar-refractivity contribution in [1.82, 2.24) is 4.57 Å². The van der Waals surface area contributed by atoms with Gasteiger partial charge in [0, 0.05) is 17.6 Å². The highest BCUT2D eigenvalue weighted by Crippen LogP contribution is 2.25. The van der Waals surface area contributed by atoms with Crippen LogP contribution in [0.4, 0.5) is 5.69 Å². The van der Waals surface area contributed by atoms with Crippen LogP contribution in [-0.2, 0) is 11.8 Å². The van der Waals surface area contributed by atoms with Gasteiger partial charge in [-0.3, -0.25) is 9.59 Å². The van der Waals surface area contributed by atoms with E-state index in [1.54, 1.807) is 11.6 Å². The first-order chi connectivity index (χ1) is 11.0. The first-order valence-electron chi connectivity index (χ1n) is 7.17. The molecular formula is C17H16N2O2S2. The molecule has 6 heteroatoms. The van der Waals surface area contributed by atoms with Crippen molar-refractivity contribution in [2.24, 2.45) is 7.05 Å². The summed E-state index contributed by atoms with van der Waals surface area (Å²) in [6, 6.07) is 15.4. The van der Waals surface area contributed by atoms with Gasteiger partial charge in [0.05, 0.1) is 15.5 Å². The Kier molecular flexibility index (Phi) is 4.54. The molecule has 1 heterocycles. The Morgan fingerprint density at radius 2 is 1.96 bits per heavy atom. The third-order valence-corrected chi connectivity index (χ3v) is 5.59. The fourth-order valence-electron chi connectivity index (χ4n) is 2.21. The van der Waals surface area contributed by atoms with E-state index in [1.165, 1.54) is 23.1 Å². The molecule has 4 nitrogen and oxygen atoms in total. The molecule has 2 aromatic carbocycles. The largest absolute Gasteiger partial charge is 0.325 e. The van der Waals surface area contributed by atoms with E-state index in [1.807, 2.05) is 55.5 Å². The summed E-state index contributed by atoms with van der Waals surface area (Å²) < 4.78 is 2.48. The summed E-state index contributed by atoms with van der Waals surface area (Å²) >= 11 is 2.70. The molecule has 0 aliphatic heterocycles. The van der Waals surface area contributed by atoms with Gasteiger partial charge in [-0.25, -0.2) is 0 Å². The maximum Gasteiger partial charge on any atom is 0.307 e. The third kappa shape index (κ3) is 3.48. The molecule has 0 radical (unpaired) electrons. The van der Waals surface area contributed by atoms with Crippen LogP contribution in [0.1, 0.15) is 6.92 Å². The van der Waals surface area contributed by atoms with E-state index < -0.39 is 0 Å². The average molecular weight is 344 g/mol. The lowest BCUT2D eigenvalue weighted by Gasteiger charge is -2.12. The summed E-state index contributed by atoms with van der Waals surface area (Å²) in [4.78, 5) is 25.1. The Morgan fingerprint density at radius 3 is 2.70 bits per heavy atom. The zero-order valence-electron chi connectivity index (χ0n) is 12.8. The fraction of sp³-hybridized carbons (Fsp3) is 0.176. The number of carbonyl (C=O) groups excluding carboxylic acids is 1. The molecule has 1 atom stereocenters. The molecule has 0 fully saturated rings. The molecule has 23 heavy (non-hydrogen) atoms. The van der Waals surface area contributed by atoms with Gasteiger partial charge in [-0.2, -0.15) is 0 Å². The second kappa shape index (κ2) is 6.60. The highest BCUT2D eigenvalue weighted by atomic mass is 32.2. The number of fused-ring (bicyclic) bond motifs is 1. The number of benzene rings is 2. The van der Waals surface area contributed by atoms with Crippen LogP contribution in [-0.4, -0.2) is 15.7 Å². The number of rotatable bonds is 4. The van der Waals surface area contributed by atoms with Gasteiger partial charge < -0.3 is 9.88 Å². The van der Waals surface area contributed by atoms with Crippen LogP contribution in [0.25, 0.3) is 10.2 Å². The van der Waals surface area contributed by atoms with Crippen LogP contribution < -0.4 is 10.2 Å². The predicted molar refractivity (Wildman–Crippen MR) is 97.5 cm³/mol. The van der Waals surface area contributed by atoms with E-state index in [-0.39, 0.29) is 16.0 Å². The van der Waals surface area contributed by atoms with Gasteiger partial charge >= 0.3 is 4.87 Å². The van der Waals surface area contributed by atoms with Gasteiger partial charge in [0.1, 0.15) is 0 Å². The molecule has 3 aromatic rings. The minimum Gasteiger partial charge on any atom is -0.325 e. The number of amides is 1. The molecule has 1 amide bonds. The second-order valence-corrected chi connectivity index (χ2v) is 7.58. The second-order valence-electron chi connectivity index (χ2n) is 5.17. The van der Waals surface area contributed by atoms with Gasteiger partial charge in [0.15, 0.2) is 0 Å². The van der Waals surface area contributed by atoms with Gasteiger partial charge in [-0.15, -0.1) is 11.8 Å². The Labute approximate surface area is 142 Å². The van der Waals surface area contributed by atoms with E-state index in [0.717, 1.165) is 15.1 Å². The van der Waals surface area contributed by atoms with Crippen molar-refractivity contribution in [1.29, 1.82) is 0 Å². The highest BCUT2D eigenvalue weighted by Gasteiger charge is 2.15. The summed E-state index contributed by atoms with van der Waals surface area (Å²) in [5.41, 5.74) is 1.59. The summed E-state index contributed by atoms with van der Waals surface area (Å²) in [6.07, 6.45) is 0. The van der Waals surface area contributed by atoms with E-state index in [4.69, 9.17) is 0 Å². The average Bonchev–Trinajstić information content (AvgIpc) is 2.82. The van der Waals surface area contributed by atoms with E-state index in [0.29, 0.717) is 5.69 Å². The van der Waals surface area contributed by atoms with Crippen LogP contribution in [0.15, 0.2) is 58.2 Å². The first-order valence-corrected chi connectivity index (χ1v) is 8.86. The van der Waals surface area contributed by atoms with Crippen LogP contribution in [0.5, 0.6) is 0 Å². The minimum absolute atomic E-state index is 0.00326. The number of aromatic nitrogens is 1. The van der Waals surface area contributed by atoms with Crippen molar-refractivity contribution in [3.8, 4) is 0 Å². The van der Waals surface area contributed by atoms with Crippen molar-refractivity contribution in [2.45, 2.75) is 17.1 Å². The van der Waals surface area contributed by atoms with Gasteiger partial charge in [-0.05, 0) is 37.3 Å². The lowest BCUT2D eigenvalue weighted by molar-refractivity contribution is -0.115. The molecule has 1 N–H and O–H groups in total. The maximum absolute atomic E-state index is 12.3. The molecule has 1 aromatic heterocycles. The van der Waals surface area contributed by atoms with Crippen molar-refractivity contribution in [3.05, 3.63) is 58.2 Å². The number of nitrogens with one attached hydrogen (secondary N) is 1. The van der Waals surface area contributed by atoms with Gasteiger partial charge in [-0.1, -0.05) is 29.5 Å². The Hall–Kier alpha value is -2.05. The number of thioether (sulfide) groups is 1. The number of thiazole rings is 1. The van der Waals surface area contributed by atoms with Crippen molar-refractivity contribution < 1.29 is 4.79 Å². The van der Waals surface area contributed by atoms with Crippen LogP contribution >= 0.6 is 23.1 Å². The monoisotopic (exact) mass is 344 g/mol. The Balaban J connectivity index is 1.73. The molecule has 0 spiro atoms. The number of hydrogen-bond acceptors (Lipinski definition) is 4. The smallest absolute Gasteiger partial charge is 0.307 e. The molecule has 0 unspecified atom stereocenters. The zero-order chi connectivity index (χ0) is 16.4. The van der Waals surface area contributed by atoms with Crippen LogP contribution in [0.2, 0.25) is 0 Å². The van der Waals surface area contributed by atoms with Crippen molar-refractivity contribution >= 4 is 44.9 Å². The van der Waals surface area contributed by atoms with E-state index >= 15 is 0 Å². The summed E-state index contributed by atoms with van der Waals surface area (Å²) in [5, 5.41) is 2.71. The molecular weight excluding hydrogens is 328 g/mol. The lowest BCUT2D eigenvalue weighted by atomic mass is 10.3. The summed E-state index contributed by atoms with van der Waals surface area (Å²) in [6.45, 7) is 1.88. The molecule has 0 saturated carbocycles. The van der Waals surface area contributed by atoms with Crippen LogP contribution in [0, 0.1) is 0 Å². The highest BCUT2D eigenvalue weighted by molar-refractivity contribution is 8.00. The first kappa shape index (κ1) is 15.8. The van der Waals surface area contributed by atoms with Gasteiger partial charge in [0.25, 0.3) is 0 Å². The quantitative estimate of drug-likeness (QED) is 0.734. The van der Waals surface area contributed by atoms with Crippen molar-refractivity contribution in [3.63, 3.8) is 0 Å². The number of nitrogens with zero attached hydrogens (tertiary/aromatic N) is 1. The number of carbonyl (C=O) groups is 1.